The highest BCUT2D eigenvalue weighted by molar-refractivity contribution is 6.33. The molecule has 1 rings (SSSR count). The van der Waals surface area contributed by atoms with Gasteiger partial charge in [-0.05, 0) is 12.1 Å². The third-order valence-corrected chi connectivity index (χ3v) is 2.55. The lowest BCUT2D eigenvalue weighted by atomic mass is 10.2. The predicted octanol–water partition coefficient (Wildman–Crippen LogP) is 0.535. The van der Waals surface area contributed by atoms with Gasteiger partial charge in [0.1, 0.15) is 0 Å². The number of hydrogen-bond acceptors (Lipinski definition) is 3. The minimum Gasteiger partial charge on any atom is -0.354 e. The Morgan fingerprint density at radius 3 is 2.50 bits per heavy atom. The summed E-state index contributed by atoms with van der Waals surface area (Å²) >= 11 is 5.88. The number of amides is 2. The van der Waals surface area contributed by atoms with E-state index in [4.69, 9.17) is 17.3 Å². The molecular formula is C12H16ClN3O2. The van der Waals surface area contributed by atoms with Crippen LogP contribution in [0.1, 0.15) is 16.8 Å². The zero-order valence-electron chi connectivity index (χ0n) is 9.91. The molecule has 98 valence electrons. The van der Waals surface area contributed by atoms with Gasteiger partial charge in [-0.15, -0.1) is 0 Å². The number of carbonyl (C=O) groups is 2. The molecule has 0 radical (unpaired) electrons. The van der Waals surface area contributed by atoms with Crippen molar-refractivity contribution in [1.82, 2.24) is 10.6 Å². The van der Waals surface area contributed by atoms with E-state index in [1.54, 1.807) is 24.3 Å². The van der Waals surface area contributed by atoms with Gasteiger partial charge in [0, 0.05) is 26.1 Å². The summed E-state index contributed by atoms with van der Waals surface area (Å²) in [5.74, 6) is -0.377. The van der Waals surface area contributed by atoms with Gasteiger partial charge in [0.25, 0.3) is 5.91 Å². The molecular weight excluding hydrogens is 254 g/mol. The van der Waals surface area contributed by atoms with E-state index in [0.29, 0.717) is 36.6 Å². The molecule has 0 bridgehead atoms. The number of rotatable bonds is 6. The van der Waals surface area contributed by atoms with Gasteiger partial charge < -0.3 is 16.4 Å². The monoisotopic (exact) mass is 269 g/mol. The first-order chi connectivity index (χ1) is 8.65. The van der Waals surface area contributed by atoms with Gasteiger partial charge in [-0.25, -0.2) is 0 Å². The van der Waals surface area contributed by atoms with Crippen LogP contribution in [0.2, 0.25) is 5.02 Å². The average Bonchev–Trinajstić information content (AvgIpc) is 2.35. The number of nitrogens with one attached hydrogen (secondary N) is 2. The maximum absolute atomic E-state index is 11.7. The lowest BCUT2D eigenvalue weighted by Crippen LogP contribution is -2.35. The van der Waals surface area contributed by atoms with Crippen LogP contribution in [-0.2, 0) is 4.79 Å². The Morgan fingerprint density at radius 2 is 1.83 bits per heavy atom. The smallest absolute Gasteiger partial charge is 0.252 e. The fourth-order valence-electron chi connectivity index (χ4n) is 1.34. The third kappa shape index (κ3) is 4.73. The van der Waals surface area contributed by atoms with Crippen LogP contribution in [-0.4, -0.2) is 31.4 Å². The van der Waals surface area contributed by atoms with Crippen LogP contribution in [0.25, 0.3) is 0 Å². The molecule has 6 heteroatoms. The van der Waals surface area contributed by atoms with Gasteiger partial charge in [0.15, 0.2) is 0 Å². The first-order valence-corrected chi connectivity index (χ1v) is 6.02. The summed E-state index contributed by atoms with van der Waals surface area (Å²) < 4.78 is 0. The first-order valence-electron chi connectivity index (χ1n) is 5.64. The Kier molecular flexibility index (Phi) is 6.18. The average molecular weight is 270 g/mol. The molecule has 0 spiro atoms. The Labute approximate surface area is 111 Å². The van der Waals surface area contributed by atoms with Crippen LogP contribution in [0.4, 0.5) is 0 Å². The van der Waals surface area contributed by atoms with Crippen molar-refractivity contribution >= 4 is 23.4 Å². The highest BCUT2D eigenvalue weighted by Gasteiger charge is 2.08. The lowest BCUT2D eigenvalue weighted by molar-refractivity contribution is -0.120. The minimum atomic E-state index is -0.256. The molecule has 0 atom stereocenters. The number of nitrogens with two attached hydrogens (primary N) is 1. The molecule has 5 nitrogen and oxygen atoms in total. The standard InChI is InChI=1S/C12H16ClN3O2/c13-10-4-2-1-3-9(10)12(18)16-8-7-15-11(17)5-6-14/h1-4H,5-8,14H2,(H,15,17)(H,16,18). The molecule has 4 N–H and O–H groups in total. The third-order valence-electron chi connectivity index (χ3n) is 2.22. The first kappa shape index (κ1) is 14.5. The van der Waals surface area contributed by atoms with Crippen LogP contribution in [0.15, 0.2) is 24.3 Å². The van der Waals surface area contributed by atoms with Crippen molar-refractivity contribution in [1.29, 1.82) is 0 Å². The van der Waals surface area contributed by atoms with Crippen molar-refractivity contribution in [3.63, 3.8) is 0 Å². The van der Waals surface area contributed by atoms with E-state index in [1.165, 1.54) is 0 Å². The Morgan fingerprint density at radius 1 is 1.17 bits per heavy atom. The van der Waals surface area contributed by atoms with Gasteiger partial charge >= 0.3 is 0 Å². The number of carbonyl (C=O) groups excluding carboxylic acids is 2. The number of halogens is 1. The zero-order valence-corrected chi connectivity index (χ0v) is 10.7. The number of hydrogen-bond donors (Lipinski definition) is 3. The largest absolute Gasteiger partial charge is 0.354 e. The van der Waals surface area contributed by atoms with Gasteiger partial charge in [-0.2, -0.15) is 0 Å². The quantitative estimate of drug-likeness (QED) is 0.659. The summed E-state index contributed by atoms with van der Waals surface area (Å²) in [5.41, 5.74) is 5.65. The van der Waals surface area contributed by atoms with Gasteiger partial charge in [0.05, 0.1) is 10.6 Å². The van der Waals surface area contributed by atoms with Crippen molar-refractivity contribution < 1.29 is 9.59 Å². The lowest BCUT2D eigenvalue weighted by Gasteiger charge is -2.07. The summed E-state index contributed by atoms with van der Waals surface area (Å²) in [6.07, 6.45) is 0.290. The summed E-state index contributed by atoms with van der Waals surface area (Å²) in [4.78, 5) is 22.8. The van der Waals surface area contributed by atoms with Crippen molar-refractivity contribution in [3.05, 3.63) is 34.9 Å². The molecule has 18 heavy (non-hydrogen) atoms. The van der Waals surface area contributed by atoms with Crippen LogP contribution in [0.5, 0.6) is 0 Å². The van der Waals surface area contributed by atoms with Gasteiger partial charge in [-0.3, -0.25) is 9.59 Å². The fourth-order valence-corrected chi connectivity index (χ4v) is 1.56. The van der Waals surface area contributed by atoms with Gasteiger partial charge in [-0.1, -0.05) is 23.7 Å². The van der Waals surface area contributed by atoms with Crippen molar-refractivity contribution in [2.45, 2.75) is 6.42 Å². The van der Waals surface area contributed by atoms with E-state index < -0.39 is 0 Å². The van der Waals surface area contributed by atoms with E-state index in [0.717, 1.165) is 0 Å². The van der Waals surface area contributed by atoms with Crippen LogP contribution in [0.3, 0.4) is 0 Å². The molecule has 1 aromatic carbocycles. The molecule has 0 heterocycles. The second kappa shape index (κ2) is 7.68. The molecule has 0 saturated carbocycles. The molecule has 2 amide bonds. The summed E-state index contributed by atoms with van der Waals surface area (Å²) in [6.45, 7) is 1.03. The molecule has 0 aliphatic rings. The Bertz CT molecular complexity index is 424. The second-order valence-corrected chi connectivity index (χ2v) is 4.03. The fraction of sp³-hybridized carbons (Fsp3) is 0.333. The van der Waals surface area contributed by atoms with E-state index in [-0.39, 0.29) is 11.8 Å². The highest BCUT2D eigenvalue weighted by Crippen LogP contribution is 2.14. The SMILES string of the molecule is NCCC(=O)NCCNC(=O)c1ccccc1Cl. The zero-order chi connectivity index (χ0) is 13.4. The van der Waals surface area contributed by atoms with Gasteiger partial charge in [0.2, 0.25) is 5.91 Å². The van der Waals surface area contributed by atoms with Crippen molar-refractivity contribution in [2.75, 3.05) is 19.6 Å². The molecule has 0 aliphatic carbocycles. The normalized spacial score (nSPS) is 9.89. The summed E-state index contributed by atoms with van der Waals surface area (Å²) in [6, 6.07) is 6.79. The predicted molar refractivity (Wildman–Crippen MR) is 70.5 cm³/mol. The maximum atomic E-state index is 11.7. The van der Waals surface area contributed by atoms with Crippen LogP contribution >= 0.6 is 11.6 Å². The van der Waals surface area contributed by atoms with Crippen molar-refractivity contribution in [2.24, 2.45) is 5.73 Å². The molecule has 0 aliphatic heterocycles. The maximum Gasteiger partial charge on any atom is 0.252 e. The molecule has 0 unspecified atom stereocenters. The van der Waals surface area contributed by atoms with Crippen LogP contribution < -0.4 is 16.4 Å². The summed E-state index contributed by atoms with van der Waals surface area (Å²) in [7, 11) is 0. The van der Waals surface area contributed by atoms with E-state index in [2.05, 4.69) is 10.6 Å². The molecule has 1 aromatic rings. The molecule has 0 fully saturated rings. The van der Waals surface area contributed by atoms with Crippen molar-refractivity contribution in [3.8, 4) is 0 Å². The molecule has 0 saturated heterocycles. The second-order valence-electron chi connectivity index (χ2n) is 3.62. The van der Waals surface area contributed by atoms with E-state index in [9.17, 15) is 9.59 Å². The topological polar surface area (TPSA) is 84.2 Å². The minimum absolute atomic E-state index is 0.121. The Balaban J connectivity index is 2.30. The van der Waals surface area contributed by atoms with E-state index >= 15 is 0 Å². The highest BCUT2D eigenvalue weighted by atomic mass is 35.5. The number of benzene rings is 1. The summed E-state index contributed by atoms with van der Waals surface area (Å²) in [5, 5.41) is 5.71. The molecule has 0 aromatic heterocycles. The Hall–Kier alpha value is -1.59. The van der Waals surface area contributed by atoms with Crippen LogP contribution in [0, 0.1) is 0 Å². The van der Waals surface area contributed by atoms with E-state index in [1.807, 2.05) is 0 Å².